The Morgan fingerprint density at radius 2 is 1.80 bits per heavy atom. The minimum absolute atomic E-state index is 0.342. The molecule has 6 nitrogen and oxygen atoms in total. The molecule has 0 spiro atoms. The predicted octanol–water partition coefficient (Wildman–Crippen LogP) is 1.09. The number of carbonyl (C=O) groups excluding carboxylic acids is 4. The van der Waals surface area contributed by atoms with Crippen LogP contribution in [0.2, 0.25) is 0 Å². The average molecular weight is 274 g/mol. The number of carbonyl (C=O) groups is 4. The van der Waals surface area contributed by atoms with Crippen molar-refractivity contribution in [1.29, 1.82) is 0 Å². The molecule has 0 radical (unpaired) electrons. The zero-order valence-electron chi connectivity index (χ0n) is 11.4. The third kappa shape index (κ3) is 2.20. The topological polar surface area (TPSA) is 83.6 Å². The Kier molecular flexibility index (Phi) is 3.40. The third-order valence-corrected chi connectivity index (χ3v) is 3.32. The molecule has 1 aliphatic rings. The van der Waals surface area contributed by atoms with Crippen molar-refractivity contribution in [1.82, 2.24) is 5.32 Å². The lowest BCUT2D eigenvalue weighted by Gasteiger charge is -2.29. The summed E-state index contributed by atoms with van der Waals surface area (Å²) in [6.07, 6.45) is 0. The Morgan fingerprint density at radius 1 is 1.15 bits per heavy atom. The van der Waals surface area contributed by atoms with Gasteiger partial charge in [-0.05, 0) is 44.0 Å². The van der Waals surface area contributed by atoms with Crippen LogP contribution in [-0.2, 0) is 14.4 Å². The molecule has 0 aromatic heterocycles. The molecule has 0 unspecified atom stereocenters. The van der Waals surface area contributed by atoms with Crippen LogP contribution >= 0.6 is 0 Å². The van der Waals surface area contributed by atoms with Crippen LogP contribution < -0.4 is 10.2 Å². The van der Waals surface area contributed by atoms with E-state index in [1.807, 2.05) is 19.2 Å². The summed E-state index contributed by atoms with van der Waals surface area (Å²) in [7, 11) is 0. The van der Waals surface area contributed by atoms with Crippen LogP contribution in [0.1, 0.15) is 18.1 Å². The number of aryl methyl sites for hydroxylation is 2. The van der Waals surface area contributed by atoms with Crippen molar-refractivity contribution in [2.24, 2.45) is 5.92 Å². The van der Waals surface area contributed by atoms with Gasteiger partial charge in [-0.2, -0.15) is 0 Å². The highest BCUT2D eigenvalue weighted by molar-refractivity contribution is 6.34. The van der Waals surface area contributed by atoms with Crippen molar-refractivity contribution in [3.05, 3.63) is 29.3 Å². The van der Waals surface area contributed by atoms with E-state index in [4.69, 9.17) is 0 Å². The van der Waals surface area contributed by atoms with Crippen molar-refractivity contribution in [2.45, 2.75) is 20.8 Å². The standard InChI is InChI=1S/C14H14N2O4/c1-7-4-5-10(6-8(7)2)16-13(19)11(9(3)17)12(18)15-14(16)20/h4-6,11H,1-3H3,(H,15,18,20)/t11-/m1/s1. The molecular weight excluding hydrogens is 260 g/mol. The number of anilines is 1. The number of barbiturate groups is 1. The number of ketones is 1. The van der Waals surface area contributed by atoms with Gasteiger partial charge in [0.25, 0.3) is 5.91 Å². The lowest BCUT2D eigenvalue weighted by molar-refractivity contribution is -0.140. The Bertz CT molecular complexity index is 636. The summed E-state index contributed by atoms with van der Waals surface area (Å²) < 4.78 is 0. The van der Waals surface area contributed by atoms with Gasteiger partial charge in [0.15, 0.2) is 11.7 Å². The van der Waals surface area contributed by atoms with E-state index in [0.717, 1.165) is 23.0 Å². The van der Waals surface area contributed by atoms with E-state index in [1.165, 1.54) is 0 Å². The van der Waals surface area contributed by atoms with E-state index in [9.17, 15) is 19.2 Å². The predicted molar refractivity (Wildman–Crippen MR) is 71.1 cm³/mol. The molecule has 4 amide bonds. The molecule has 20 heavy (non-hydrogen) atoms. The van der Waals surface area contributed by atoms with Gasteiger partial charge in [-0.1, -0.05) is 6.07 Å². The summed E-state index contributed by atoms with van der Waals surface area (Å²) >= 11 is 0. The molecule has 1 saturated heterocycles. The first-order valence-corrected chi connectivity index (χ1v) is 6.09. The largest absolute Gasteiger partial charge is 0.335 e. The van der Waals surface area contributed by atoms with Gasteiger partial charge in [0.1, 0.15) is 0 Å². The fourth-order valence-corrected chi connectivity index (χ4v) is 2.04. The zero-order valence-corrected chi connectivity index (χ0v) is 11.4. The molecular formula is C14H14N2O4. The van der Waals surface area contributed by atoms with Crippen molar-refractivity contribution >= 4 is 29.3 Å². The fourth-order valence-electron chi connectivity index (χ4n) is 2.04. The van der Waals surface area contributed by atoms with Gasteiger partial charge in [0.05, 0.1) is 5.69 Å². The van der Waals surface area contributed by atoms with Crippen LogP contribution in [0.5, 0.6) is 0 Å². The number of Topliss-reactive ketones (excluding diaryl/α,β-unsaturated/α-hetero) is 1. The van der Waals surface area contributed by atoms with Crippen LogP contribution in [-0.4, -0.2) is 23.6 Å². The van der Waals surface area contributed by atoms with Crippen LogP contribution in [0.4, 0.5) is 10.5 Å². The molecule has 0 aliphatic carbocycles. The molecule has 0 saturated carbocycles. The highest BCUT2D eigenvalue weighted by Gasteiger charge is 2.43. The molecule has 1 fully saturated rings. The maximum atomic E-state index is 12.2. The number of nitrogens with one attached hydrogen (secondary N) is 1. The Hall–Kier alpha value is -2.50. The minimum atomic E-state index is -1.46. The third-order valence-electron chi connectivity index (χ3n) is 3.32. The van der Waals surface area contributed by atoms with Gasteiger partial charge in [-0.25, -0.2) is 9.69 Å². The molecule has 1 heterocycles. The van der Waals surface area contributed by atoms with E-state index in [2.05, 4.69) is 0 Å². The second-order valence-corrected chi connectivity index (χ2v) is 4.78. The van der Waals surface area contributed by atoms with E-state index >= 15 is 0 Å². The van der Waals surface area contributed by atoms with E-state index < -0.39 is 29.5 Å². The SMILES string of the molecule is CC(=O)[C@@H]1C(=O)NC(=O)N(c2ccc(C)c(C)c2)C1=O. The molecule has 6 heteroatoms. The van der Waals surface area contributed by atoms with Gasteiger partial charge in [-0.15, -0.1) is 0 Å². The van der Waals surface area contributed by atoms with Crippen LogP contribution in [0.25, 0.3) is 0 Å². The van der Waals surface area contributed by atoms with E-state index in [-0.39, 0.29) is 0 Å². The number of imide groups is 2. The fraction of sp³-hybridized carbons (Fsp3) is 0.286. The highest BCUT2D eigenvalue weighted by Crippen LogP contribution is 2.23. The molecule has 2 rings (SSSR count). The monoisotopic (exact) mass is 274 g/mol. The van der Waals surface area contributed by atoms with Crippen LogP contribution in [0.15, 0.2) is 18.2 Å². The van der Waals surface area contributed by atoms with E-state index in [0.29, 0.717) is 5.69 Å². The summed E-state index contributed by atoms with van der Waals surface area (Å²) in [6, 6.07) is 4.21. The first-order chi connectivity index (χ1) is 9.32. The number of benzene rings is 1. The van der Waals surface area contributed by atoms with E-state index in [1.54, 1.807) is 18.2 Å². The Balaban J connectivity index is 2.46. The summed E-state index contributed by atoms with van der Waals surface area (Å²) in [5.41, 5.74) is 2.26. The van der Waals surface area contributed by atoms with Gasteiger partial charge >= 0.3 is 6.03 Å². The van der Waals surface area contributed by atoms with Crippen LogP contribution in [0, 0.1) is 19.8 Å². The first kappa shape index (κ1) is 13.9. The molecule has 1 aliphatic heterocycles. The number of urea groups is 1. The summed E-state index contributed by atoms with van der Waals surface area (Å²) in [4.78, 5) is 47.8. The molecule has 1 N–H and O–H groups in total. The highest BCUT2D eigenvalue weighted by atomic mass is 16.2. The lowest BCUT2D eigenvalue weighted by atomic mass is 9.99. The number of rotatable bonds is 2. The lowest BCUT2D eigenvalue weighted by Crippen LogP contribution is -2.60. The maximum Gasteiger partial charge on any atom is 0.335 e. The summed E-state index contributed by atoms with van der Waals surface area (Å²) in [5.74, 6) is -3.73. The second kappa shape index (κ2) is 4.88. The van der Waals surface area contributed by atoms with Crippen molar-refractivity contribution in [3.63, 3.8) is 0 Å². The molecule has 104 valence electrons. The number of amides is 4. The quantitative estimate of drug-likeness (QED) is 0.818. The smallest absolute Gasteiger partial charge is 0.299 e. The van der Waals surface area contributed by atoms with Gasteiger partial charge in [-0.3, -0.25) is 19.7 Å². The maximum absolute atomic E-state index is 12.2. The molecule has 1 atom stereocenters. The van der Waals surface area contributed by atoms with Gasteiger partial charge in [0, 0.05) is 0 Å². The first-order valence-electron chi connectivity index (χ1n) is 6.09. The number of hydrogen-bond donors (Lipinski definition) is 1. The van der Waals surface area contributed by atoms with Crippen molar-refractivity contribution in [2.75, 3.05) is 4.90 Å². The van der Waals surface area contributed by atoms with Crippen LogP contribution in [0.3, 0.4) is 0 Å². The Labute approximate surface area is 115 Å². The average Bonchev–Trinajstić information content (AvgIpc) is 2.32. The summed E-state index contributed by atoms with van der Waals surface area (Å²) in [5, 5.41) is 2.03. The summed E-state index contributed by atoms with van der Waals surface area (Å²) in [6.45, 7) is 4.90. The van der Waals surface area contributed by atoms with Gasteiger partial charge < -0.3 is 0 Å². The Morgan fingerprint density at radius 3 is 2.35 bits per heavy atom. The molecule has 1 aromatic carbocycles. The second-order valence-electron chi connectivity index (χ2n) is 4.78. The van der Waals surface area contributed by atoms with Crippen molar-refractivity contribution in [3.8, 4) is 0 Å². The zero-order chi connectivity index (χ0) is 15.0. The molecule has 1 aromatic rings. The molecule has 0 bridgehead atoms. The number of hydrogen-bond acceptors (Lipinski definition) is 4. The van der Waals surface area contributed by atoms with Crippen molar-refractivity contribution < 1.29 is 19.2 Å². The minimum Gasteiger partial charge on any atom is -0.299 e. The number of nitrogens with zero attached hydrogens (tertiary/aromatic N) is 1. The normalized spacial score (nSPS) is 19.1. The van der Waals surface area contributed by atoms with Gasteiger partial charge in [0.2, 0.25) is 5.91 Å².